The van der Waals surface area contributed by atoms with E-state index in [-0.39, 0.29) is 0 Å². The molecule has 1 rings (SSSR count). The topological polar surface area (TPSA) is 47.6 Å². The summed E-state index contributed by atoms with van der Waals surface area (Å²) in [4.78, 5) is 10.9. The van der Waals surface area contributed by atoms with Gasteiger partial charge < -0.3 is 14.8 Å². The molecule has 0 aliphatic carbocycles. The lowest BCUT2D eigenvalue weighted by atomic mass is 10.3. The fourth-order valence-electron chi connectivity index (χ4n) is 1.03. The van der Waals surface area contributed by atoms with Crippen LogP contribution in [0.4, 0.5) is 4.79 Å². The molecule has 0 unspecified atom stereocenters. The molecule has 88 valence electrons. The van der Waals surface area contributed by atoms with Gasteiger partial charge in [0.1, 0.15) is 12.4 Å². The third-order valence-corrected chi connectivity index (χ3v) is 1.98. The number of alkyl carbamates (subject to hydrolysis) is 1. The fraction of sp³-hybridized carbons (Fsp3) is 0.364. The lowest BCUT2D eigenvalue weighted by Gasteiger charge is -2.07. The molecule has 0 aromatic heterocycles. The Morgan fingerprint density at radius 3 is 2.69 bits per heavy atom. The third kappa shape index (κ3) is 4.89. The summed E-state index contributed by atoms with van der Waals surface area (Å²) < 4.78 is 10.0. The number of hydrogen-bond donors (Lipinski definition) is 1. The summed E-state index contributed by atoms with van der Waals surface area (Å²) in [7, 11) is 0. The molecule has 0 radical (unpaired) electrons. The molecule has 0 aliphatic heterocycles. The van der Waals surface area contributed by atoms with Crippen LogP contribution in [0.25, 0.3) is 0 Å². The van der Waals surface area contributed by atoms with E-state index in [9.17, 15) is 4.79 Å². The van der Waals surface area contributed by atoms with Gasteiger partial charge >= 0.3 is 6.09 Å². The summed E-state index contributed by atoms with van der Waals surface area (Å²) in [5, 5.41) is 3.22. The van der Waals surface area contributed by atoms with E-state index in [1.165, 1.54) is 0 Å². The van der Waals surface area contributed by atoms with Crippen LogP contribution in [0.3, 0.4) is 0 Å². The highest BCUT2D eigenvalue weighted by atomic mass is 35.5. The lowest BCUT2D eigenvalue weighted by Crippen LogP contribution is -2.28. The summed E-state index contributed by atoms with van der Waals surface area (Å²) in [5.41, 5.74) is 0. The van der Waals surface area contributed by atoms with E-state index >= 15 is 0 Å². The Hall–Kier alpha value is -1.42. The summed E-state index contributed by atoms with van der Waals surface area (Å²) in [6.45, 7) is 2.91. The molecule has 0 atom stereocenters. The Kier molecular flexibility index (Phi) is 5.50. The maximum atomic E-state index is 10.9. The molecule has 0 heterocycles. The second kappa shape index (κ2) is 6.95. The van der Waals surface area contributed by atoms with E-state index < -0.39 is 6.09 Å². The largest absolute Gasteiger partial charge is 0.492 e. The maximum absolute atomic E-state index is 10.9. The highest BCUT2D eigenvalue weighted by Gasteiger charge is 1.98. The smallest absolute Gasteiger partial charge is 0.407 e. The van der Waals surface area contributed by atoms with Crippen LogP contribution in [0.15, 0.2) is 24.3 Å². The molecule has 0 fully saturated rings. The van der Waals surface area contributed by atoms with Crippen molar-refractivity contribution in [3.05, 3.63) is 29.3 Å². The minimum Gasteiger partial charge on any atom is -0.492 e. The number of nitrogens with one attached hydrogen (secondary N) is 1. The Labute approximate surface area is 99.5 Å². The molecule has 0 saturated carbocycles. The monoisotopic (exact) mass is 243 g/mol. The Morgan fingerprint density at radius 1 is 1.38 bits per heavy atom. The van der Waals surface area contributed by atoms with E-state index in [0.717, 1.165) is 5.75 Å². The van der Waals surface area contributed by atoms with Crippen molar-refractivity contribution in [1.82, 2.24) is 5.32 Å². The first-order valence-corrected chi connectivity index (χ1v) is 5.39. The Bertz CT molecular complexity index is 327. The van der Waals surface area contributed by atoms with Crippen LogP contribution in [0.2, 0.25) is 5.02 Å². The summed E-state index contributed by atoms with van der Waals surface area (Å²) in [6.07, 6.45) is -0.429. The number of carbonyl (C=O) groups excluding carboxylic acids is 1. The van der Waals surface area contributed by atoms with Crippen molar-refractivity contribution in [1.29, 1.82) is 0 Å². The first kappa shape index (κ1) is 12.6. The van der Waals surface area contributed by atoms with Crippen LogP contribution in [-0.4, -0.2) is 25.9 Å². The van der Waals surface area contributed by atoms with Crippen LogP contribution in [0, 0.1) is 0 Å². The van der Waals surface area contributed by atoms with Gasteiger partial charge in [0.05, 0.1) is 13.2 Å². The fourth-order valence-corrected chi connectivity index (χ4v) is 1.16. The van der Waals surface area contributed by atoms with Gasteiger partial charge in [-0.1, -0.05) is 11.6 Å². The van der Waals surface area contributed by atoms with Crippen molar-refractivity contribution < 1.29 is 14.3 Å². The summed E-state index contributed by atoms with van der Waals surface area (Å²) in [6, 6.07) is 7.03. The average molecular weight is 244 g/mol. The molecule has 1 aromatic rings. The zero-order valence-corrected chi connectivity index (χ0v) is 9.79. The van der Waals surface area contributed by atoms with Crippen molar-refractivity contribution in [2.24, 2.45) is 0 Å². The molecule has 5 heteroatoms. The third-order valence-electron chi connectivity index (χ3n) is 1.73. The van der Waals surface area contributed by atoms with Crippen molar-refractivity contribution in [3.8, 4) is 5.75 Å². The first-order chi connectivity index (χ1) is 7.72. The number of carbonyl (C=O) groups is 1. The molecular weight excluding hydrogens is 230 g/mol. The van der Waals surface area contributed by atoms with Crippen LogP contribution in [0.5, 0.6) is 5.75 Å². The van der Waals surface area contributed by atoms with Crippen molar-refractivity contribution in [3.63, 3.8) is 0 Å². The lowest BCUT2D eigenvalue weighted by molar-refractivity contribution is 0.150. The normalized spacial score (nSPS) is 9.62. The van der Waals surface area contributed by atoms with Crippen LogP contribution in [-0.2, 0) is 4.74 Å². The Balaban J connectivity index is 2.16. The molecule has 0 bridgehead atoms. The average Bonchev–Trinajstić information content (AvgIpc) is 2.27. The van der Waals surface area contributed by atoms with Gasteiger partial charge in [0.25, 0.3) is 0 Å². The molecule has 16 heavy (non-hydrogen) atoms. The van der Waals surface area contributed by atoms with E-state index in [0.29, 0.717) is 24.8 Å². The van der Waals surface area contributed by atoms with Crippen molar-refractivity contribution in [2.75, 3.05) is 19.8 Å². The van der Waals surface area contributed by atoms with Gasteiger partial charge in [0.15, 0.2) is 0 Å². The van der Waals surface area contributed by atoms with Crippen LogP contribution in [0.1, 0.15) is 6.92 Å². The van der Waals surface area contributed by atoms with E-state index in [4.69, 9.17) is 16.3 Å². The number of amides is 1. The van der Waals surface area contributed by atoms with Gasteiger partial charge in [-0.25, -0.2) is 4.79 Å². The molecule has 1 amide bonds. The predicted octanol–water partition coefficient (Wildman–Crippen LogP) is 2.46. The van der Waals surface area contributed by atoms with Gasteiger partial charge in [-0.15, -0.1) is 0 Å². The van der Waals surface area contributed by atoms with Gasteiger partial charge in [0, 0.05) is 5.02 Å². The number of benzene rings is 1. The number of ether oxygens (including phenoxy) is 2. The van der Waals surface area contributed by atoms with Crippen molar-refractivity contribution in [2.45, 2.75) is 6.92 Å². The van der Waals surface area contributed by atoms with Gasteiger partial charge in [0.2, 0.25) is 0 Å². The number of halogens is 1. The Morgan fingerprint density at radius 2 is 2.06 bits per heavy atom. The van der Waals surface area contributed by atoms with E-state index in [1.54, 1.807) is 31.2 Å². The van der Waals surface area contributed by atoms with Gasteiger partial charge in [-0.05, 0) is 31.2 Å². The van der Waals surface area contributed by atoms with E-state index in [2.05, 4.69) is 10.1 Å². The highest BCUT2D eigenvalue weighted by Crippen LogP contribution is 2.14. The SMILES string of the molecule is CCOC(=O)NCCOc1ccc(Cl)cc1. The molecule has 4 nitrogen and oxygen atoms in total. The molecule has 1 N–H and O–H groups in total. The molecule has 1 aromatic carbocycles. The zero-order valence-electron chi connectivity index (χ0n) is 9.03. The second-order valence-electron chi connectivity index (χ2n) is 2.95. The van der Waals surface area contributed by atoms with Crippen LogP contribution >= 0.6 is 11.6 Å². The molecule has 0 spiro atoms. The van der Waals surface area contributed by atoms with Crippen LogP contribution < -0.4 is 10.1 Å². The molecule has 0 saturated heterocycles. The quantitative estimate of drug-likeness (QED) is 0.809. The first-order valence-electron chi connectivity index (χ1n) is 5.01. The van der Waals surface area contributed by atoms with E-state index in [1.807, 2.05) is 0 Å². The minimum absolute atomic E-state index is 0.365. The second-order valence-corrected chi connectivity index (χ2v) is 3.39. The van der Waals surface area contributed by atoms with Gasteiger partial charge in [-0.3, -0.25) is 0 Å². The number of rotatable bonds is 5. The van der Waals surface area contributed by atoms with Gasteiger partial charge in [-0.2, -0.15) is 0 Å². The predicted molar refractivity (Wildman–Crippen MR) is 62.0 cm³/mol. The number of hydrogen-bond acceptors (Lipinski definition) is 3. The zero-order chi connectivity index (χ0) is 11.8. The summed E-state index contributed by atoms with van der Waals surface area (Å²) >= 11 is 5.72. The van der Waals surface area contributed by atoms with Crippen molar-refractivity contribution >= 4 is 17.7 Å². The minimum atomic E-state index is -0.429. The summed E-state index contributed by atoms with van der Waals surface area (Å²) in [5.74, 6) is 0.718. The molecule has 0 aliphatic rings. The highest BCUT2D eigenvalue weighted by molar-refractivity contribution is 6.30. The molecular formula is C11H14ClNO3. The maximum Gasteiger partial charge on any atom is 0.407 e. The standard InChI is InChI=1S/C11H14ClNO3/c1-2-15-11(14)13-7-8-16-10-5-3-9(12)4-6-10/h3-6H,2,7-8H2,1H3,(H,13,14).